The number of allylic oxidation sites excluding steroid dienone is 1. The maximum absolute atomic E-state index is 13.4. The number of hydrazone groups is 1. The molecule has 30 heavy (non-hydrogen) atoms. The van der Waals surface area contributed by atoms with Crippen molar-refractivity contribution in [3.63, 3.8) is 0 Å². The van der Waals surface area contributed by atoms with E-state index in [1.165, 1.54) is 12.1 Å². The van der Waals surface area contributed by atoms with E-state index in [1.54, 1.807) is 26.4 Å². The summed E-state index contributed by atoms with van der Waals surface area (Å²) in [5.41, 5.74) is 4.00. The number of nitrogens with zero attached hydrogens (tertiary/aromatic N) is 2. The molecular formula is C25H23FN2O2. The summed E-state index contributed by atoms with van der Waals surface area (Å²) in [4.78, 5) is 0. The first kappa shape index (κ1) is 19.7. The Morgan fingerprint density at radius 2 is 1.43 bits per heavy atom. The Morgan fingerprint density at radius 3 is 2.03 bits per heavy atom. The highest BCUT2D eigenvalue weighted by molar-refractivity contribution is 6.01. The number of hydrogen-bond donors (Lipinski definition) is 0. The molecule has 1 heterocycles. The number of rotatable bonds is 6. The fourth-order valence-corrected chi connectivity index (χ4v) is 3.46. The molecule has 0 saturated carbocycles. The lowest BCUT2D eigenvalue weighted by Gasteiger charge is -2.24. The summed E-state index contributed by atoms with van der Waals surface area (Å²) in [5.74, 6) is 1.38. The number of ether oxygens (including phenoxy) is 2. The van der Waals surface area contributed by atoms with Crippen molar-refractivity contribution in [3.8, 4) is 11.5 Å². The number of benzene rings is 3. The summed E-state index contributed by atoms with van der Waals surface area (Å²) in [6.45, 7) is 0. The normalized spacial score (nSPS) is 16.0. The Bertz CT molecular complexity index is 1040. The van der Waals surface area contributed by atoms with Gasteiger partial charge in [-0.05, 0) is 65.7 Å². The van der Waals surface area contributed by atoms with Gasteiger partial charge in [-0.15, -0.1) is 0 Å². The lowest BCUT2D eigenvalue weighted by molar-refractivity contribution is 0.414. The highest BCUT2D eigenvalue weighted by Gasteiger charge is 2.28. The van der Waals surface area contributed by atoms with Crippen LogP contribution in [0.1, 0.15) is 23.6 Å². The van der Waals surface area contributed by atoms with Crippen molar-refractivity contribution in [3.05, 3.63) is 95.8 Å². The molecule has 0 N–H and O–H groups in total. The largest absolute Gasteiger partial charge is 0.497 e. The first-order valence-electron chi connectivity index (χ1n) is 9.74. The third-order valence-electron chi connectivity index (χ3n) is 5.11. The summed E-state index contributed by atoms with van der Waals surface area (Å²) in [6, 6.07) is 22.3. The van der Waals surface area contributed by atoms with Crippen molar-refractivity contribution in [1.82, 2.24) is 0 Å². The average molecular weight is 402 g/mol. The van der Waals surface area contributed by atoms with Gasteiger partial charge in [0.2, 0.25) is 0 Å². The van der Waals surface area contributed by atoms with E-state index in [2.05, 4.69) is 0 Å². The molecule has 0 amide bonds. The summed E-state index contributed by atoms with van der Waals surface area (Å²) in [6.07, 6.45) is 4.82. The Labute approximate surface area is 175 Å². The SMILES string of the molecule is COc1ccc(C=CC2=NN(c3ccc(F)cc3)C(c3ccc(OC)cc3)C2)cc1. The average Bonchev–Trinajstić information content (AvgIpc) is 3.23. The van der Waals surface area contributed by atoms with Crippen LogP contribution in [0, 0.1) is 5.82 Å². The molecule has 1 unspecified atom stereocenters. The molecule has 0 aromatic heterocycles. The van der Waals surface area contributed by atoms with E-state index < -0.39 is 0 Å². The lowest BCUT2D eigenvalue weighted by Crippen LogP contribution is -2.18. The third kappa shape index (κ3) is 4.35. The molecule has 0 saturated heterocycles. The van der Waals surface area contributed by atoms with Crippen molar-refractivity contribution in [1.29, 1.82) is 0 Å². The van der Waals surface area contributed by atoms with E-state index in [1.807, 2.05) is 65.7 Å². The monoisotopic (exact) mass is 402 g/mol. The van der Waals surface area contributed by atoms with Crippen molar-refractivity contribution >= 4 is 17.5 Å². The lowest BCUT2D eigenvalue weighted by atomic mass is 10.0. The second-order valence-corrected chi connectivity index (χ2v) is 7.01. The van der Waals surface area contributed by atoms with Crippen molar-refractivity contribution in [2.24, 2.45) is 5.10 Å². The van der Waals surface area contributed by atoms with Crippen molar-refractivity contribution < 1.29 is 13.9 Å². The zero-order chi connectivity index (χ0) is 20.9. The minimum Gasteiger partial charge on any atom is -0.497 e. The quantitative estimate of drug-likeness (QED) is 0.518. The van der Waals surface area contributed by atoms with E-state index in [-0.39, 0.29) is 11.9 Å². The van der Waals surface area contributed by atoms with Crippen molar-refractivity contribution in [2.45, 2.75) is 12.5 Å². The molecule has 1 aliphatic rings. The molecule has 3 aromatic rings. The molecule has 4 rings (SSSR count). The summed E-state index contributed by atoms with van der Waals surface area (Å²) in [7, 11) is 3.31. The summed E-state index contributed by atoms with van der Waals surface area (Å²) >= 11 is 0. The van der Waals surface area contributed by atoms with E-state index in [4.69, 9.17) is 14.6 Å². The molecule has 0 fully saturated rings. The summed E-state index contributed by atoms with van der Waals surface area (Å²) in [5, 5.41) is 6.78. The molecule has 5 heteroatoms. The molecule has 1 atom stereocenters. The predicted octanol–water partition coefficient (Wildman–Crippen LogP) is 5.86. The van der Waals surface area contributed by atoms with Crippen LogP contribution in [0.25, 0.3) is 6.08 Å². The van der Waals surface area contributed by atoms with Gasteiger partial charge >= 0.3 is 0 Å². The molecule has 152 valence electrons. The maximum Gasteiger partial charge on any atom is 0.123 e. The molecule has 3 aromatic carbocycles. The van der Waals surface area contributed by atoms with Gasteiger partial charge in [0, 0.05) is 6.42 Å². The zero-order valence-corrected chi connectivity index (χ0v) is 17.0. The standard InChI is InChI=1S/C25H23FN2O2/c1-29-23-13-4-18(5-14-23)3-10-21-17-25(19-6-15-24(30-2)16-7-19)28(27-21)22-11-8-20(26)9-12-22/h3-16,25H,17H2,1-2H3. The van der Waals surface area contributed by atoms with Gasteiger partial charge in [-0.1, -0.05) is 30.3 Å². The molecule has 0 radical (unpaired) electrons. The highest BCUT2D eigenvalue weighted by atomic mass is 19.1. The van der Waals surface area contributed by atoms with Gasteiger partial charge in [-0.3, -0.25) is 5.01 Å². The van der Waals surface area contributed by atoms with Crippen LogP contribution in [0.3, 0.4) is 0 Å². The Morgan fingerprint density at radius 1 is 0.833 bits per heavy atom. The molecule has 1 aliphatic heterocycles. The maximum atomic E-state index is 13.4. The van der Waals surface area contributed by atoms with Crippen molar-refractivity contribution in [2.75, 3.05) is 19.2 Å². The molecule has 0 bridgehead atoms. The Hall–Kier alpha value is -3.60. The van der Waals surface area contributed by atoms with Gasteiger partial charge in [0.15, 0.2) is 0 Å². The highest BCUT2D eigenvalue weighted by Crippen LogP contribution is 2.36. The van der Waals surface area contributed by atoms with E-state index in [0.717, 1.165) is 40.4 Å². The number of methoxy groups -OCH3 is 2. The molecule has 0 spiro atoms. The van der Waals surface area contributed by atoms with Gasteiger partial charge in [-0.2, -0.15) is 5.10 Å². The van der Waals surface area contributed by atoms with Gasteiger partial charge < -0.3 is 9.47 Å². The first-order valence-corrected chi connectivity index (χ1v) is 9.74. The van der Waals surface area contributed by atoms with Crippen LogP contribution >= 0.6 is 0 Å². The predicted molar refractivity (Wildman–Crippen MR) is 119 cm³/mol. The fourth-order valence-electron chi connectivity index (χ4n) is 3.46. The molecular weight excluding hydrogens is 379 g/mol. The minimum absolute atomic E-state index is 0.0249. The van der Waals surface area contributed by atoms with E-state index >= 15 is 0 Å². The number of halogens is 1. The topological polar surface area (TPSA) is 34.1 Å². The van der Waals surface area contributed by atoms with Crippen LogP contribution in [0.2, 0.25) is 0 Å². The third-order valence-corrected chi connectivity index (χ3v) is 5.11. The molecule has 0 aliphatic carbocycles. The Kier molecular flexibility index (Phi) is 5.80. The second-order valence-electron chi connectivity index (χ2n) is 7.01. The van der Waals surface area contributed by atoms with Crippen LogP contribution in [-0.2, 0) is 0 Å². The zero-order valence-electron chi connectivity index (χ0n) is 17.0. The first-order chi connectivity index (χ1) is 14.7. The second kappa shape index (κ2) is 8.82. The Balaban J connectivity index is 1.61. The van der Waals surface area contributed by atoms with Crippen LogP contribution in [0.4, 0.5) is 10.1 Å². The molecule has 4 nitrogen and oxygen atoms in total. The smallest absolute Gasteiger partial charge is 0.123 e. The number of anilines is 1. The van der Waals surface area contributed by atoms with Gasteiger partial charge in [0.05, 0.1) is 31.7 Å². The van der Waals surface area contributed by atoms with Gasteiger partial charge in [-0.25, -0.2) is 4.39 Å². The van der Waals surface area contributed by atoms with Crippen LogP contribution in [0.5, 0.6) is 11.5 Å². The van der Waals surface area contributed by atoms with Gasteiger partial charge in [0.1, 0.15) is 17.3 Å². The fraction of sp³-hybridized carbons (Fsp3) is 0.160. The summed E-state index contributed by atoms with van der Waals surface area (Å²) < 4.78 is 23.9. The van der Waals surface area contributed by atoms with E-state index in [0.29, 0.717) is 0 Å². The van der Waals surface area contributed by atoms with Crippen LogP contribution < -0.4 is 14.5 Å². The van der Waals surface area contributed by atoms with E-state index in [9.17, 15) is 4.39 Å². The van der Waals surface area contributed by atoms with Crippen LogP contribution in [-0.4, -0.2) is 19.9 Å². The minimum atomic E-state index is -0.262. The number of hydrogen-bond acceptors (Lipinski definition) is 4. The van der Waals surface area contributed by atoms with Crippen LogP contribution in [0.15, 0.2) is 84.0 Å². The van der Waals surface area contributed by atoms with Gasteiger partial charge in [0.25, 0.3) is 0 Å².